The molecule has 36 heavy (non-hydrogen) atoms. The lowest BCUT2D eigenvalue weighted by Crippen LogP contribution is -2.24. The summed E-state index contributed by atoms with van der Waals surface area (Å²) in [5, 5.41) is 12.7. The van der Waals surface area contributed by atoms with Crippen LogP contribution in [0.15, 0.2) is 77.9 Å². The summed E-state index contributed by atoms with van der Waals surface area (Å²) in [6.07, 6.45) is 1.67. The second-order valence-corrected chi connectivity index (χ2v) is 8.54. The number of nitrogens with one attached hydrogen (secondary N) is 2. The maximum absolute atomic E-state index is 6.31. The van der Waals surface area contributed by atoms with Crippen LogP contribution in [0.4, 0.5) is 5.69 Å². The zero-order valence-electron chi connectivity index (χ0n) is 20.8. The standard InChI is InChI=1S/C28H29N5O2S/c1-5-34-23-14-16-24(17-15-23)35-27-25(21(4)32-33(27)22-11-7-6-8-12-22)18-29-31-28(36)30-26-13-9-10-19(2)20(26)3/h6-18H,5H2,1-4H3,(H2,30,31,36). The Balaban J connectivity index is 1.58. The van der Waals surface area contributed by atoms with Crippen molar-refractivity contribution in [2.75, 3.05) is 11.9 Å². The zero-order valence-corrected chi connectivity index (χ0v) is 21.6. The topological polar surface area (TPSA) is 72.7 Å². The molecule has 0 fully saturated rings. The summed E-state index contributed by atoms with van der Waals surface area (Å²) in [5.41, 5.74) is 8.53. The second-order valence-electron chi connectivity index (χ2n) is 8.13. The molecule has 184 valence electrons. The summed E-state index contributed by atoms with van der Waals surface area (Å²) in [4.78, 5) is 0. The molecular formula is C28H29N5O2S. The SMILES string of the molecule is CCOc1ccc(Oc2c(C=NNC(=S)Nc3cccc(C)c3C)c(C)nn2-c2ccccc2)cc1. The van der Waals surface area contributed by atoms with Gasteiger partial charge in [0.15, 0.2) is 5.11 Å². The highest BCUT2D eigenvalue weighted by molar-refractivity contribution is 7.80. The quantitative estimate of drug-likeness (QED) is 0.168. The van der Waals surface area contributed by atoms with Crippen LogP contribution in [0.5, 0.6) is 17.4 Å². The van der Waals surface area contributed by atoms with Gasteiger partial charge in [0, 0.05) is 5.69 Å². The molecule has 1 aromatic heterocycles. The minimum Gasteiger partial charge on any atom is -0.494 e. The lowest BCUT2D eigenvalue weighted by molar-refractivity contribution is 0.339. The number of hydrogen-bond acceptors (Lipinski definition) is 5. The Morgan fingerprint density at radius 1 is 0.972 bits per heavy atom. The third kappa shape index (κ3) is 5.90. The fraction of sp³-hybridized carbons (Fsp3) is 0.179. The number of nitrogens with zero attached hydrogens (tertiary/aromatic N) is 3. The monoisotopic (exact) mass is 499 g/mol. The summed E-state index contributed by atoms with van der Waals surface area (Å²) >= 11 is 5.44. The van der Waals surface area contributed by atoms with Gasteiger partial charge in [-0.3, -0.25) is 5.43 Å². The van der Waals surface area contributed by atoms with Crippen molar-refractivity contribution in [3.63, 3.8) is 0 Å². The molecule has 1 heterocycles. The number of thiocarbonyl (C=S) groups is 1. The fourth-order valence-electron chi connectivity index (χ4n) is 3.58. The van der Waals surface area contributed by atoms with Gasteiger partial charge in [-0.25, -0.2) is 0 Å². The molecule has 0 saturated carbocycles. The van der Waals surface area contributed by atoms with Crippen LogP contribution in [-0.2, 0) is 0 Å². The van der Waals surface area contributed by atoms with Crippen molar-refractivity contribution in [2.45, 2.75) is 27.7 Å². The Labute approximate surface area is 216 Å². The molecule has 4 rings (SSSR count). The molecule has 0 unspecified atom stereocenters. The van der Waals surface area contributed by atoms with Gasteiger partial charge in [-0.15, -0.1) is 0 Å². The van der Waals surface area contributed by atoms with Gasteiger partial charge in [-0.2, -0.15) is 14.9 Å². The molecule has 0 aliphatic heterocycles. The minimum atomic E-state index is 0.391. The molecular weight excluding hydrogens is 470 g/mol. The predicted molar refractivity (Wildman–Crippen MR) is 149 cm³/mol. The number of rotatable bonds is 8. The molecule has 0 aliphatic carbocycles. The average Bonchev–Trinajstić information content (AvgIpc) is 3.19. The van der Waals surface area contributed by atoms with Gasteiger partial charge in [0.1, 0.15) is 11.5 Å². The molecule has 2 N–H and O–H groups in total. The van der Waals surface area contributed by atoms with Gasteiger partial charge in [-0.05, 0) is 93.5 Å². The van der Waals surface area contributed by atoms with E-state index in [0.717, 1.165) is 33.9 Å². The normalized spacial score (nSPS) is 10.9. The highest BCUT2D eigenvalue weighted by Gasteiger charge is 2.18. The largest absolute Gasteiger partial charge is 0.494 e. The molecule has 0 amide bonds. The molecule has 4 aromatic rings. The van der Waals surface area contributed by atoms with Crippen LogP contribution in [0.25, 0.3) is 5.69 Å². The molecule has 8 heteroatoms. The number of benzene rings is 3. The van der Waals surface area contributed by atoms with E-state index in [-0.39, 0.29) is 0 Å². The van der Waals surface area contributed by atoms with E-state index in [2.05, 4.69) is 35.8 Å². The first kappa shape index (κ1) is 24.9. The maximum atomic E-state index is 6.31. The van der Waals surface area contributed by atoms with E-state index in [1.165, 1.54) is 5.56 Å². The summed E-state index contributed by atoms with van der Waals surface area (Å²) < 4.78 is 13.6. The summed E-state index contributed by atoms with van der Waals surface area (Å²) in [5.74, 6) is 1.99. The van der Waals surface area contributed by atoms with E-state index in [0.29, 0.717) is 23.3 Å². The summed E-state index contributed by atoms with van der Waals surface area (Å²) in [7, 11) is 0. The highest BCUT2D eigenvalue weighted by Crippen LogP contribution is 2.30. The number of para-hydroxylation sites is 1. The predicted octanol–water partition coefficient (Wildman–Crippen LogP) is 6.31. The van der Waals surface area contributed by atoms with Crippen LogP contribution < -0.4 is 20.2 Å². The number of ether oxygens (including phenoxy) is 2. The fourth-order valence-corrected chi connectivity index (χ4v) is 3.75. The van der Waals surface area contributed by atoms with Crippen molar-refractivity contribution < 1.29 is 9.47 Å². The Bertz CT molecular complexity index is 1360. The number of hydrazone groups is 1. The smallest absolute Gasteiger partial charge is 0.231 e. The van der Waals surface area contributed by atoms with Crippen molar-refractivity contribution >= 4 is 29.2 Å². The van der Waals surface area contributed by atoms with Crippen molar-refractivity contribution in [3.8, 4) is 23.1 Å². The first-order valence-corrected chi connectivity index (χ1v) is 12.1. The first-order valence-electron chi connectivity index (χ1n) is 11.7. The van der Waals surface area contributed by atoms with E-state index in [4.69, 9.17) is 26.8 Å². The first-order chi connectivity index (χ1) is 17.5. The molecule has 0 bridgehead atoms. The molecule has 0 spiro atoms. The van der Waals surface area contributed by atoms with Crippen LogP contribution >= 0.6 is 12.2 Å². The van der Waals surface area contributed by atoms with Crippen LogP contribution in [-0.4, -0.2) is 27.7 Å². The van der Waals surface area contributed by atoms with Gasteiger partial charge in [-0.1, -0.05) is 30.3 Å². The molecule has 3 aromatic carbocycles. The third-order valence-electron chi connectivity index (χ3n) is 5.63. The number of aromatic nitrogens is 2. The van der Waals surface area contributed by atoms with E-state index < -0.39 is 0 Å². The lowest BCUT2D eigenvalue weighted by atomic mass is 10.1. The number of anilines is 1. The molecule has 7 nitrogen and oxygen atoms in total. The van der Waals surface area contributed by atoms with Crippen LogP contribution in [0, 0.1) is 20.8 Å². The Morgan fingerprint density at radius 3 is 2.42 bits per heavy atom. The maximum Gasteiger partial charge on any atom is 0.231 e. The van der Waals surface area contributed by atoms with Gasteiger partial charge in [0.05, 0.1) is 29.8 Å². The van der Waals surface area contributed by atoms with Crippen molar-refractivity contribution in [3.05, 3.63) is 95.2 Å². The van der Waals surface area contributed by atoms with E-state index in [1.807, 2.05) is 80.6 Å². The van der Waals surface area contributed by atoms with Crippen molar-refractivity contribution in [2.24, 2.45) is 5.10 Å². The Morgan fingerprint density at radius 2 is 1.69 bits per heavy atom. The van der Waals surface area contributed by atoms with Crippen molar-refractivity contribution in [1.29, 1.82) is 0 Å². The van der Waals surface area contributed by atoms with Crippen molar-refractivity contribution in [1.82, 2.24) is 15.2 Å². The van der Waals surface area contributed by atoms with Crippen LogP contribution in [0.2, 0.25) is 0 Å². The molecule has 0 aliphatic rings. The lowest BCUT2D eigenvalue weighted by Gasteiger charge is -2.12. The summed E-state index contributed by atoms with van der Waals surface area (Å²) in [6.45, 7) is 8.59. The zero-order chi connectivity index (χ0) is 25.5. The number of aryl methyl sites for hydroxylation is 2. The minimum absolute atomic E-state index is 0.391. The molecule has 0 radical (unpaired) electrons. The van der Waals surface area contributed by atoms with Crippen LogP contribution in [0.1, 0.15) is 29.3 Å². The molecule has 0 saturated heterocycles. The van der Waals surface area contributed by atoms with Gasteiger partial charge < -0.3 is 14.8 Å². The van der Waals surface area contributed by atoms with E-state index >= 15 is 0 Å². The summed E-state index contributed by atoms with van der Waals surface area (Å²) in [6, 6.07) is 23.3. The second kappa shape index (κ2) is 11.5. The molecule has 0 atom stereocenters. The Kier molecular flexibility index (Phi) is 7.97. The highest BCUT2D eigenvalue weighted by atomic mass is 32.1. The van der Waals surface area contributed by atoms with Gasteiger partial charge in [0.25, 0.3) is 0 Å². The Hall–Kier alpha value is -4.17. The van der Waals surface area contributed by atoms with Gasteiger partial charge >= 0.3 is 0 Å². The van der Waals surface area contributed by atoms with E-state index in [1.54, 1.807) is 10.9 Å². The van der Waals surface area contributed by atoms with E-state index in [9.17, 15) is 0 Å². The van der Waals surface area contributed by atoms with Gasteiger partial charge in [0.2, 0.25) is 5.88 Å². The number of hydrogen-bond donors (Lipinski definition) is 2. The third-order valence-corrected chi connectivity index (χ3v) is 5.82. The average molecular weight is 500 g/mol. The van der Waals surface area contributed by atoms with Crippen LogP contribution in [0.3, 0.4) is 0 Å².